The third-order valence-corrected chi connectivity index (χ3v) is 3.07. The summed E-state index contributed by atoms with van der Waals surface area (Å²) in [5.74, 6) is -4.38. The number of carbonyl (C=O) groups is 1. The van der Waals surface area contributed by atoms with Gasteiger partial charge < -0.3 is 5.11 Å². The number of hydrogen-bond acceptors (Lipinski definition) is 2. The molecule has 0 bridgehead atoms. The summed E-state index contributed by atoms with van der Waals surface area (Å²) in [6.07, 6.45) is 1.12. The molecule has 0 aromatic rings. The zero-order valence-corrected chi connectivity index (χ0v) is 9.04. The van der Waals surface area contributed by atoms with Crippen LogP contribution in [0.1, 0.15) is 26.7 Å². The van der Waals surface area contributed by atoms with Gasteiger partial charge in [-0.1, -0.05) is 0 Å². The minimum absolute atomic E-state index is 0.178. The largest absolute Gasteiger partial charge is 0.480 e. The van der Waals surface area contributed by atoms with Gasteiger partial charge in [-0.3, -0.25) is 9.69 Å². The van der Waals surface area contributed by atoms with Gasteiger partial charge in [0.25, 0.3) is 0 Å². The minimum atomic E-state index is -2.71. The normalized spacial score (nSPS) is 26.3. The monoisotopic (exact) mass is 221 g/mol. The van der Waals surface area contributed by atoms with E-state index >= 15 is 0 Å². The fraction of sp³-hybridized carbons (Fsp3) is 0.900. The molecule has 0 aliphatic carbocycles. The van der Waals surface area contributed by atoms with Crippen molar-refractivity contribution in [2.75, 3.05) is 13.1 Å². The number of alkyl halides is 2. The molecule has 2 atom stereocenters. The van der Waals surface area contributed by atoms with Crippen LogP contribution in [0.4, 0.5) is 8.78 Å². The number of rotatable bonds is 3. The van der Waals surface area contributed by atoms with Crippen LogP contribution in [0, 0.1) is 5.92 Å². The molecule has 1 heterocycles. The van der Waals surface area contributed by atoms with E-state index in [1.165, 1.54) is 0 Å². The average molecular weight is 221 g/mol. The quantitative estimate of drug-likeness (QED) is 0.790. The Labute approximate surface area is 88.1 Å². The standard InChI is InChI=1S/C10H17F2NO2/c1-7(9(14)15)13-5-3-4-8(6-13)10(2,11)12/h7-8H,3-6H2,1-2H3,(H,14,15)/t7-,8+/m1/s1. The van der Waals surface area contributed by atoms with E-state index in [0.717, 1.165) is 6.92 Å². The summed E-state index contributed by atoms with van der Waals surface area (Å²) in [6.45, 7) is 3.22. The first kappa shape index (κ1) is 12.4. The van der Waals surface area contributed by atoms with Gasteiger partial charge in [-0.25, -0.2) is 8.78 Å². The smallest absolute Gasteiger partial charge is 0.320 e. The van der Waals surface area contributed by atoms with E-state index in [4.69, 9.17) is 5.11 Å². The summed E-state index contributed by atoms with van der Waals surface area (Å²) in [5.41, 5.74) is 0. The summed E-state index contributed by atoms with van der Waals surface area (Å²) in [5, 5.41) is 8.79. The SMILES string of the molecule is C[C@H](C(=O)O)N1CCC[C@H](C(C)(F)F)C1. The fourth-order valence-corrected chi connectivity index (χ4v) is 1.93. The molecule has 1 N–H and O–H groups in total. The fourth-order valence-electron chi connectivity index (χ4n) is 1.93. The van der Waals surface area contributed by atoms with Crippen molar-refractivity contribution in [3.8, 4) is 0 Å². The highest BCUT2D eigenvalue weighted by Gasteiger charge is 2.38. The molecule has 0 unspecified atom stereocenters. The lowest BCUT2D eigenvalue weighted by molar-refractivity contribution is -0.145. The zero-order chi connectivity index (χ0) is 11.6. The highest BCUT2D eigenvalue weighted by atomic mass is 19.3. The number of piperidine rings is 1. The molecule has 0 spiro atoms. The van der Waals surface area contributed by atoms with Crippen molar-refractivity contribution in [2.45, 2.75) is 38.7 Å². The van der Waals surface area contributed by atoms with E-state index in [1.807, 2.05) is 0 Å². The number of halogens is 2. The van der Waals surface area contributed by atoms with Gasteiger partial charge in [-0.2, -0.15) is 0 Å². The number of aliphatic carboxylic acids is 1. The molecule has 5 heteroatoms. The molecule has 0 radical (unpaired) electrons. The van der Waals surface area contributed by atoms with Gasteiger partial charge in [0.05, 0.1) is 0 Å². The van der Waals surface area contributed by atoms with Crippen LogP contribution in [0.5, 0.6) is 0 Å². The van der Waals surface area contributed by atoms with E-state index in [1.54, 1.807) is 11.8 Å². The van der Waals surface area contributed by atoms with E-state index in [-0.39, 0.29) is 6.54 Å². The lowest BCUT2D eigenvalue weighted by Gasteiger charge is -2.37. The Hall–Kier alpha value is -0.710. The maximum absolute atomic E-state index is 13.1. The van der Waals surface area contributed by atoms with Gasteiger partial charge >= 0.3 is 5.97 Å². The molecule has 0 aromatic heterocycles. The molecule has 0 aromatic carbocycles. The maximum Gasteiger partial charge on any atom is 0.320 e. The van der Waals surface area contributed by atoms with E-state index < -0.39 is 23.9 Å². The Morgan fingerprint density at radius 2 is 2.20 bits per heavy atom. The predicted octanol–water partition coefficient (Wildman–Crippen LogP) is 1.83. The first-order valence-corrected chi connectivity index (χ1v) is 5.17. The topological polar surface area (TPSA) is 40.5 Å². The van der Waals surface area contributed by atoms with Crippen LogP contribution in [0.3, 0.4) is 0 Å². The number of carboxylic acid groups (broad SMARTS) is 1. The number of hydrogen-bond donors (Lipinski definition) is 1. The summed E-state index contributed by atoms with van der Waals surface area (Å²) in [6, 6.07) is -0.671. The van der Waals surface area contributed by atoms with Crippen molar-refractivity contribution in [1.29, 1.82) is 0 Å². The van der Waals surface area contributed by atoms with Crippen molar-refractivity contribution in [3.63, 3.8) is 0 Å². The first-order chi connectivity index (χ1) is 6.82. The molecule has 0 saturated carbocycles. The second-order valence-electron chi connectivity index (χ2n) is 4.30. The van der Waals surface area contributed by atoms with Crippen LogP contribution in [0.15, 0.2) is 0 Å². The molecular formula is C10H17F2NO2. The van der Waals surface area contributed by atoms with Crippen LogP contribution < -0.4 is 0 Å². The zero-order valence-electron chi connectivity index (χ0n) is 9.04. The van der Waals surface area contributed by atoms with Crippen molar-refractivity contribution in [1.82, 2.24) is 4.90 Å². The molecule has 15 heavy (non-hydrogen) atoms. The van der Waals surface area contributed by atoms with Crippen LogP contribution >= 0.6 is 0 Å². The average Bonchev–Trinajstić information content (AvgIpc) is 2.15. The number of likely N-dealkylation sites (tertiary alicyclic amines) is 1. The number of carboxylic acids is 1. The highest BCUT2D eigenvalue weighted by Crippen LogP contribution is 2.32. The predicted molar refractivity (Wildman–Crippen MR) is 52.0 cm³/mol. The molecule has 1 fully saturated rings. The third kappa shape index (κ3) is 3.12. The van der Waals surface area contributed by atoms with Gasteiger partial charge in [0.2, 0.25) is 5.92 Å². The second-order valence-corrected chi connectivity index (χ2v) is 4.30. The molecule has 1 rings (SSSR count). The van der Waals surface area contributed by atoms with Gasteiger partial charge in [0.1, 0.15) is 6.04 Å². The first-order valence-electron chi connectivity index (χ1n) is 5.17. The van der Waals surface area contributed by atoms with Crippen LogP contribution in [-0.2, 0) is 4.79 Å². The summed E-state index contributed by atoms with van der Waals surface area (Å²) >= 11 is 0. The summed E-state index contributed by atoms with van der Waals surface area (Å²) < 4.78 is 26.1. The molecule has 1 saturated heterocycles. The summed E-state index contributed by atoms with van der Waals surface area (Å²) in [4.78, 5) is 12.3. The Morgan fingerprint density at radius 1 is 1.60 bits per heavy atom. The van der Waals surface area contributed by atoms with E-state index in [9.17, 15) is 13.6 Å². The molecular weight excluding hydrogens is 204 g/mol. The van der Waals surface area contributed by atoms with Gasteiger partial charge in [0.15, 0.2) is 0 Å². The number of nitrogens with zero attached hydrogens (tertiary/aromatic N) is 1. The van der Waals surface area contributed by atoms with E-state index in [2.05, 4.69) is 0 Å². The minimum Gasteiger partial charge on any atom is -0.480 e. The highest BCUT2D eigenvalue weighted by molar-refractivity contribution is 5.72. The van der Waals surface area contributed by atoms with Crippen molar-refractivity contribution in [2.24, 2.45) is 5.92 Å². The Bertz CT molecular complexity index is 240. The van der Waals surface area contributed by atoms with Gasteiger partial charge in [-0.15, -0.1) is 0 Å². The van der Waals surface area contributed by atoms with Crippen molar-refractivity contribution >= 4 is 5.97 Å². The third-order valence-electron chi connectivity index (χ3n) is 3.07. The Balaban J connectivity index is 2.60. The Morgan fingerprint density at radius 3 is 2.67 bits per heavy atom. The van der Waals surface area contributed by atoms with Crippen LogP contribution in [0.2, 0.25) is 0 Å². The summed E-state index contributed by atoms with van der Waals surface area (Å²) in [7, 11) is 0. The van der Waals surface area contributed by atoms with E-state index in [0.29, 0.717) is 19.4 Å². The molecule has 0 amide bonds. The van der Waals surface area contributed by atoms with Crippen LogP contribution in [0.25, 0.3) is 0 Å². The Kier molecular flexibility index (Phi) is 3.65. The van der Waals surface area contributed by atoms with Crippen molar-refractivity contribution < 1.29 is 18.7 Å². The second kappa shape index (κ2) is 4.43. The van der Waals surface area contributed by atoms with Crippen molar-refractivity contribution in [3.05, 3.63) is 0 Å². The van der Waals surface area contributed by atoms with Gasteiger partial charge in [-0.05, 0) is 33.2 Å². The van der Waals surface area contributed by atoms with Gasteiger partial charge in [0, 0.05) is 12.5 Å². The lowest BCUT2D eigenvalue weighted by atomic mass is 9.92. The molecule has 3 nitrogen and oxygen atoms in total. The molecule has 1 aliphatic heterocycles. The maximum atomic E-state index is 13.1. The molecule has 1 aliphatic rings. The molecule has 88 valence electrons. The lowest BCUT2D eigenvalue weighted by Crippen LogP contribution is -2.48. The van der Waals surface area contributed by atoms with Crippen LogP contribution in [-0.4, -0.2) is 41.0 Å².